The van der Waals surface area contributed by atoms with Gasteiger partial charge in [0.1, 0.15) is 6.61 Å². The van der Waals surface area contributed by atoms with Crippen molar-refractivity contribution in [3.05, 3.63) is 0 Å². The number of methoxy groups -OCH3 is 1. The molecule has 0 radical (unpaired) electrons. The van der Waals surface area contributed by atoms with Crippen LogP contribution in [-0.2, 0) is 9.53 Å². The summed E-state index contributed by atoms with van der Waals surface area (Å²) >= 11 is 0. The van der Waals surface area contributed by atoms with Crippen LogP contribution in [0.25, 0.3) is 0 Å². The van der Waals surface area contributed by atoms with Crippen molar-refractivity contribution in [2.45, 2.75) is 19.4 Å². The summed E-state index contributed by atoms with van der Waals surface area (Å²) in [4.78, 5) is 10.9. The molecule has 4 heteroatoms. The highest BCUT2D eigenvalue weighted by Crippen LogP contribution is 1.86. The van der Waals surface area contributed by atoms with Gasteiger partial charge < -0.3 is 15.8 Å². The van der Waals surface area contributed by atoms with Crippen LogP contribution in [-0.4, -0.2) is 32.2 Å². The maximum Gasteiger partial charge on any atom is 0.246 e. The van der Waals surface area contributed by atoms with Crippen LogP contribution in [0.3, 0.4) is 0 Å². The molecule has 0 spiro atoms. The predicted molar refractivity (Wildman–Crippen MR) is 43.2 cm³/mol. The van der Waals surface area contributed by atoms with Gasteiger partial charge in [-0.1, -0.05) is 6.92 Å². The van der Waals surface area contributed by atoms with Gasteiger partial charge in [-0.3, -0.25) is 4.79 Å². The highest BCUT2D eigenvalue weighted by molar-refractivity contribution is 5.77. The Morgan fingerprint density at radius 1 is 1.73 bits per heavy atom. The van der Waals surface area contributed by atoms with Crippen molar-refractivity contribution in [3.63, 3.8) is 0 Å². The van der Waals surface area contributed by atoms with Crippen LogP contribution in [0.2, 0.25) is 0 Å². The van der Waals surface area contributed by atoms with E-state index in [1.54, 1.807) is 0 Å². The van der Waals surface area contributed by atoms with E-state index in [9.17, 15) is 4.79 Å². The Kier molecular flexibility index (Phi) is 5.78. The summed E-state index contributed by atoms with van der Waals surface area (Å²) in [5, 5.41) is 2.73. The zero-order chi connectivity index (χ0) is 8.69. The molecule has 0 rings (SSSR count). The summed E-state index contributed by atoms with van der Waals surface area (Å²) in [5.41, 5.74) is 5.37. The number of amides is 1. The zero-order valence-electron chi connectivity index (χ0n) is 7.09. The quantitative estimate of drug-likeness (QED) is 0.569. The van der Waals surface area contributed by atoms with Crippen molar-refractivity contribution >= 4 is 5.91 Å². The summed E-state index contributed by atoms with van der Waals surface area (Å²) in [6.07, 6.45) is 0.853. The lowest BCUT2D eigenvalue weighted by Crippen LogP contribution is -2.41. The molecule has 0 fully saturated rings. The Morgan fingerprint density at radius 2 is 2.36 bits per heavy atom. The molecule has 1 amide bonds. The molecular formula is C7H16N2O2. The molecule has 4 nitrogen and oxygen atoms in total. The molecule has 0 saturated carbocycles. The highest BCUT2D eigenvalue weighted by Gasteiger charge is 2.06. The van der Waals surface area contributed by atoms with E-state index in [1.807, 2.05) is 6.92 Å². The van der Waals surface area contributed by atoms with E-state index in [0.717, 1.165) is 6.42 Å². The van der Waals surface area contributed by atoms with Gasteiger partial charge >= 0.3 is 0 Å². The lowest BCUT2D eigenvalue weighted by molar-refractivity contribution is -0.125. The lowest BCUT2D eigenvalue weighted by Gasteiger charge is -2.13. The summed E-state index contributed by atoms with van der Waals surface area (Å²) in [7, 11) is 1.49. The molecule has 0 aromatic rings. The SMILES string of the molecule is CCC(CN)NC(=O)COC. The van der Waals surface area contributed by atoms with Crippen molar-refractivity contribution in [1.82, 2.24) is 5.32 Å². The van der Waals surface area contributed by atoms with Crippen LogP contribution in [0.1, 0.15) is 13.3 Å². The third-order valence-corrected chi connectivity index (χ3v) is 1.42. The average molecular weight is 160 g/mol. The van der Waals surface area contributed by atoms with E-state index in [-0.39, 0.29) is 18.6 Å². The van der Waals surface area contributed by atoms with Crippen LogP contribution in [0.4, 0.5) is 0 Å². The Balaban J connectivity index is 3.54. The first-order valence-corrected chi connectivity index (χ1v) is 3.73. The van der Waals surface area contributed by atoms with Gasteiger partial charge in [-0.2, -0.15) is 0 Å². The average Bonchev–Trinajstić information content (AvgIpc) is 2.01. The zero-order valence-corrected chi connectivity index (χ0v) is 7.09. The second kappa shape index (κ2) is 6.12. The van der Waals surface area contributed by atoms with Crippen molar-refractivity contribution in [2.24, 2.45) is 5.73 Å². The van der Waals surface area contributed by atoms with Gasteiger partial charge in [0.05, 0.1) is 0 Å². The monoisotopic (exact) mass is 160 g/mol. The lowest BCUT2D eigenvalue weighted by atomic mass is 10.2. The molecule has 0 saturated heterocycles. The Morgan fingerprint density at radius 3 is 2.73 bits per heavy atom. The predicted octanol–water partition coefficient (Wildman–Crippen LogP) is -0.514. The molecule has 0 aliphatic heterocycles. The minimum Gasteiger partial charge on any atom is -0.375 e. The molecule has 0 aromatic carbocycles. The molecular weight excluding hydrogens is 144 g/mol. The van der Waals surface area contributed by atoms with E-state index in [2.05, 4.69) is 10.1 Å². The summed E-state index contributed by atoms with van der Waals surface area (Å²) in [6.45, 7) is 2.56. The number of ether oxygens (including phenoxy) is 1. The van der Waals surface area contributed by atoms with Gasteiger partial charge in [-0.15, -0.1) is 0 Å². The van der Waals surface area contributed by atoms with E-state index < -0.39 is 0 Å². The Hall–Kier alpha value is -0.610. The van der Waals surface area contributed by atoms with Crippen molar-refractivity contribution in [2.75, 3.05) is 20.3 Å². The number of carbonyl (C=O) groups excluding carboxylic acids is 1. The molecule has 0 aromatic heterocycles. The first-order valence-electron chi connectivity index (χ1n) is 3.73. The number of nitrogens with two attached hydrogens (primary N) is 1. The number of hydrogen-bond donors (Lipinski definition) is 2. The van der Waals surface area contributed by atoms with Crippen LogP contribution in [0.15, 0.2) is 0 Å². The van der Waals surface area contributed by atoms with Crippen molar-refractivity contribution in [3.8, 4) is 0 Å². The molecule has 0 heterocycles. The van der Waals surface area contributed by atoms with E-state index in [4.69, 9.17) is 5.73 Å². The van der Waals surface area contributed by atoms with Gasteiger partial charge in [0.25, 0.3) is 0 Å². The van der Waals surface area contributed by atoms with Gasteiger partial charge in [0.2, 0.25) is 5.91 Å². The summed E-state index contributed by atoms with van der Waals surface area (Å²) in [6, 6.07) is 0.0812. The Bertz CT molecular complexity index is 113. The van der Waals surface area contributed by atoms with Gasteiger partial charge in [0.15, 0.2) is 0 Å². The van der Waals surface area contributed by atoms with E-state index in [0.29, 0.717) is 6.54 Å². The molecule has 66 valence electrons. The largest absolute Gasteiger partial charge is 0.375 e. The number of hydrogen-bond acceptors (Lipinski definition) is 3. The Labute approximate surface area is 67.1 Å². The van der Waals surface area contributed by atoms with Crippen LogP contribution in [0.5, 0.6) is 0 Å². The van der Waals surface area contributed by atoms with E-state index in [1.165, 1.54) is 7.11 Å². The minimum absolute atomic E-state index is 0.0812. The molecule has 0 aliphatic carbocycles. The smallest absolute Gasteiger partial charge is 0.246 e. The van der Waals surface area contributed by atoms with Gasteiger partial charge in [-0.05, 0) is 6.42 Å². The van der Waals surface area contributed by atoms with Crippen molar-refractivity contribution < 1.29 is 9.53 Å². The summed E-state index contributed by atoms with van der Waals surface area (Å²) in [5.74, 6) is -0.107. The fourth-order valence-corrected chi connectivity index (χ4v) is 0.728. The second-order valence-electron chi connectivity index (χ2n) is 2.34. The molecule has 11 heavy (non-hydrogen) atoms. The number of nitrogens with one attached hydrogen (secondary N) is 1. The number of rotatable bonds is 5. The van der Waals surface area contributed by atoms with Gasteiger partial charge in [0, 0.05) is 19.7 Å². The van der Waals surface area contributed by atoms with E-state index >= 15 is 0 Å². The molecule has 1 atom stereocenters. The second-order valence-corrected chi connectivity index (χ2v) is 2.34. The first-order chi connectivity index (χ1) is 5.24. The fraction of sp³-hybridized carbons (Fsp3) is 0.857. The molecule has 3 N–H and O–H groups in total. The molecule has 0 bridgehead atoms. The van der Waals surface area contributed by atoms with Crippen LogP contribution < -0.4 is 11.1 Å². The molecule has 1 unspecified atom stereocenters. The third kappa shape index (κ3) is 4.75. The number of carbonyl (C=O) groups is 1. The standard InChI is InChI=1S/C7H16N2O2/c1-3-6(4-8)9-7(10)5-11-2/h6H,3-5,8H2,1-2H3,(H,9,10). The first kappa shape index (κ1) is 10.4. The third-order valence-electron chi connectivity index (χ3n) is 1.42. The van der Waals surface area contributed by atoms with Crippen LogP contribution >= 0.6 is 0 Å². The topological polar surface area (TPSA) is 64.3 Å². The van der Waals surface area contributed by atoms with Crippen molar-refractivity contribution in [1.29, 1.82) is 0 Å². The maximum atomic E-state index is 10.9. The minimum atomic E-state index is -0.107. The highest BCUT2D eigenvalue weighted by atomic mass is 16.5. The summed E-state index contributed by atoms with van der Waals surface area (Å²) < 4.78 is 4.64. The fourth-order valence-electron chi connectivity index (χ4n) is 0.728. The van der Waals surface area contributed by atoms with Gasteiger partial charge in [-0.25, -0.2) is 0 Å². The molecule has 0 aliphatic rings. The van der Waals surface area contributed by atoms with Crippen LogP contribution in [0, 0.1) is 0 Å². The maximum absolute atomic E-state index is 10.9. The normalized spacial score (nSPS) is 12.6.